The monoisotopic (exact) mass is 419 g/mol. The summed E-state index contributed by atoms with van der Waals surface area (Å²) in [5, 5.41) is 0.572. The third-order valence-corrected chi connectivity index (χ3v) is 7.11. The molecule has 4 nitrogen and oxygen atoms in total. The number of rotatable bonds is 5. The molecule has 0 bridgehead atoms. The van der Waals surface area contributed by atoms with Gasteiger partial charge in [-0.05, 0) is 42.5 Å². The van der Waals surface area contributed by atoms with E-state index in [4.69, 9.17) is 4.78 Å². The second kappa shape index (κ2) is 8.28. The number of anilines is 1. The first-order valence-electron chi connectivity index (χ1n) is 8.41. The Bertz CT molecular complexity index is 1050. The van der Waals surface area contributed by atoms with Crippen LogP contribution in [0.1, 0.15) is 11.3 Å². The Morgan fingerprint density at radius 1 is 1.21 bits per heavy atom. The molecule has 1 aromatic heterocycles. The Morgan fingerprint density at radius 3 is 2.50 bits per heavy atom. The van der Waals surface area contributed by atoms with Crippen LogP contribution in [-0.4, -0.2) is 24.2 Å². The van der Waals surface area contributed by atoms with E-state index < -0.39 is 22.3 Å². The topological polar surface area (TPSA) is 57.1 Å². The number of halogens is 2. The molecule has 1 heterocycles. The van der Waals surface area contributed by atoms with Gasteiger partial charge in [-0.2, -0.15) is 0 Å². The zero-order valence-electron chi connectivity index (χ0n) is 15.6. The summed E-state index contributed by atoms with van der Waals surface area (Å²) in [7, 11) is 1.01. The molecular weight excluding hydrogens is 400 g/mol. The number of benzene rings is 2. The van der Waals surface area contributed by atoms with Crippen LogP contribution >= 0.6 is 11.3 Å². The summed E-state index contributed by atoms with van der Waals surface area (Å²) in [5.41, 5.74) is 2.28. The fourth-order valence-corrected chi connectivity index (χ4v) is 4.71. The second-order valence-electron chi connectivity index (χ2n) is 6.33. The van der Waals surface area contributed by atoms with Gasteiger partial charge in [0.1, 0.15) is 11.6 Å². The highest BCUT2D eigenvalue weighted by atomic mass is 32.2. The van der Waals surface area contributed by atoms with Crippen molar-refractivity contribution in [3.05, 3.63) is 65.4 Å². The Balaban J connectivity index is 1.75. The lowest BCUT2D eigenvalue weighted by Crippen LogP contribution is -2.27. The first-order chi connectivity index (χ1) is 13.3. The first kappa shape index (κ1) is 20.3. The van der Waals surface area contributed by atoms with Crippen LogP contribution in [0.4, 0.5) is 13.9 Å². The minimum atomic E-state index is -0.651. The summed E-state index contributed by atoms with van der Waals surface area (Å²) in [6.07, 6.45) is 1.96. The van der Waals surface area contributed by atoms with Crippen molar-refractivity contribution < 1.29 is 13.6 Å². The van der Waals surface area contributed by atoms with Gasteiger partial charge in [-0.3, -0.25) is 14.5 Å². The molecular formula is C20H19F2N3OS2. The van der Waals surface area contributed by atoms with E-state index in [1.165, 1.54) is 16.2 Å². The lowest BCUT2D eigenvalue weighted by Gasteiger charge is -2.14. The molecule has 8 heteroatoms. The lowest BCUT2D eigenvalue weighted by molar-refractivity contribution is -0.117. The van der Waals surface area contributed by atoms with Crippen LogP contribution < -0.4 is 4.90 Å². The SMILES string of the molecule is Cc1nc(N(C)C(=O)Cc2ccc(-c3cc(F)ccc3F)cc2)sc1S(C)=N. The molecule has 1 amide bonds. The molecule has 1 unspecified atom stereocenters. The number of hydrogen-bond acceptors (Lipinski definition) is 4. The Labute approximate surface area is 168 Å². The summed E-state index contributed by atoms with van der Waals surface area (Å²) < 4.78 is 36.0. The fourth-order valence-electron chi connectivity index (χ4n) is 2.72. The standard InChI is InChI=1S/C20H19F2N3OS2/c1-12-19(28(3)23)27-20(24-12)25(2)18(26)10-13-4-6-14(7-5-13)16-11-15(21)8-9-17(16)22/h4-9,11,23H,10H2,1-3H3. The predicted octanol–water partition coefficient (Wildman–Crippen LogP) is 4.97. The minimum absolute atomic E-state index is 0.133. The predicted molar refractivity (Wildman–Crippen MR) is 110 cm³/mol. The largest absolute Gasteiger partial charge is 0.291 e. The normalized spacial score (nSPS) is 12.0. The van der Waals surface area contributed by atoms with Gasteiger partial charge in [0.05, 0.1) is 16.3 Å². The number of thiazole rings is 1. The molecule has 0 saturated carbocycles. The lowest BCUT2D eigenvalue weighted by atomic mass is 10.0. The van der Waals surface area contributed by atoms with Gasteiger partial charge in [0.25, 0.3) is 0 Å². The molecule has 0 spiro atoms. The quantitative estimate of drug-likeness (QED) is 0.635. The van der Waals surface area contributed by atoms with E-state index in [1.807, 2.05) is 6.92 Å². The molecule has 1 atom stereocenters. The summed E-state index contributed by atoms with van der Waals surface area (Å²) in [5.74, 6) is -1.13. The smallest absolute Gasteiger partial charge is 0.232 e. The van der Waals surface area contributed by atoms with E-state index in [-0.39, 0.29) is 17.9 Å². The highest BCUT2D eigenvalue weighted by Crippen LogP contribution is 2.28. The highest BCUT2D eigenvalue weighted by molar-refractivity contribution is 7.87. The number of carbonyl (C=O) groups is 1. The molecule has 0 aliphatic rings. The van der Waals surface area contributed by atoms with Crippen molar-refractivity contribution >= 4 is 33.1 Å². The molecule has 1 N–H and O–H groups in total. The molecule has 3 aromatic rings. The van der Waals surface area contributed by atoms with Gasteiger partial charge in [-0.25, -0.2) is 13.8 Å². The fraction of sp³-hybridized carbons (Fsp3) is 0.200. The zero-order valence-corrected chi connectivity index (χ0v) is 17.3. The van der Waals surface area contributed by atoms with Gasteiger partial charge < -0.3 is 0 Å². The van der Waals surface area contributed by atoms with Crippen molar-refractivity contribution in [1.82, 2.24) is 4.98 Å². The molecule has 0 aliphatic carbocycles. The first-order valence-corrected chi connectivity index (χ1v) is 10.9. The maximum atomic E-state index is 13.9. The van der Waals surface area contributed by atoms with Crippen molar-refractivity contribution in [2.24, 2.45) is 0 Å². The molecule has 28 heavy (non-hydrogen) atoms. The van der Waals surface area contributed by atoms with Crippen LogP contribution in [0.25, 0.3) is 11.1 Å². The second-order valence-corrected chi connectivity index (χ2v) is 9.00. The summed E-state index contributed by atoms with van der Waals surface area (Å²) in [6.45, 7) is 1.84. The van der Waals surface area contributed by atoms with Crippen LogP contribution in [0.5, 0.6) is 0 Å². The maximum Gasteiger partial charge on any atom is 0.232 e. The van der Waals surface area contributed by atoms with Crippen LogP contribution in [0.3, 0.4) is 0 Å². The number of nitrogens with one attached hydrogen (secondary N) is 1. The number of hydrogen-bond donors (Lipinski definition) is 1. The van der Waals surface area contributed by atoms with Crippen molar-refractivity contribution in [1.29, 1.82) is 4.78 Å². The molecule has 0 aliphatic heterocycles. The van der Waals surface area contributed by atoms with Gasteiger partial charge >= 0.3 is 0 Å². The molecule has 3 rings (SSSR count). The van der Waals surface area contributed by atoms with Crippen molar-refractivity contribution in [2.45, 2.75) is 17.6 Å². The molecule has 0 radical (unpaired) electrons. The van der Waals surface area contributed by atoms with E-state index in [1.54, 1.807) is 37.6 Å². The van der Waals surface area contributed by atoms with Gasteiger partial charge in [0.2, 0.25) is 5.91 Å². The Kier molecular flexibility index (Phi) is 6.00. The molecule has 0 saturated heterocycles. The van der Waals surface area contributed by atoms with Gasteiger partial charge in [0, 0.05) is 12.6 Å². The summed E-state index contributed by atoms with van der Waals surface area (Å²) in [4.78, 5) is 18.5. The molecule has 146 valence electrons. The van der Waals surface area contributed by atoms with Gasteiger partial charge in [-0.15, -0.1) is 0 Å². The number of aryl methyl sites for hydroxylation is 1. The minimum Gasteiger partial charge on any atom is -0.291 e. The number of aromatic nitrogens is 1. The average Bonchev–Trinajstić information content (AvgIpc) is 3.05. The number of amides is 1. The average molecular weight is 420 g/mol. The summed E-state index contributed by atoms with van der Waals surface area (Å²) >= 11 is 1.36. The Hall–Kier alpha value is -2.45. The molecule has 0 fully saturated rings. The highest BCUT2D eigenvalue weighted by Gasteiger charge is 2.18. The van der Waals surface area contributed by atoms with Crippen molar-refractivity contribution in [3.63, 3.8) is 0 Å². The van der Waals surface area contributed by atoms with Crippen LogP contribution in [0.15, 0.2) is 46.7 Å². The number of likely N-dealkylation sites (N-methyl/N-ethyl adjacent to an activating group) is 1. The van der Waals surface area contributed by atoms with Crippen LogP contribution in [0, 0.1) is 23.3 Å². The maximum absolute atomic E-state index is 13.9. The number of nitrogens with zero attached hydrogens (tertiary/aromatic N) is 2. The molecule has 2 aromatic carbocycles. The van der Waals surface area contributed by atoms with E-state index in [0.29, 0.717) is 10.7 Å². The number of carbonyl (C=O) groups excluding carboxylic acids is 1. The van der Waals surface area contributed by atoms with Crippen LogP contribution in [-0.2, 0) is 21.9 Å². The summed E-state index contributed by atoms with van der Waals surface area (Å²) in [6, 6.07) is 10.1. The van der Waals surface area contributed by atoms with E-state index >= 15 is 0 Å². The third kappa shape index (κ3) is 4.34. The van der Waals surface area contributed by atoms with Gasteiger partial charge in [-0.1, -0.05) is 46.3 Å². The van der Waals surface area contributed by atoms with Gasteiger partial charge in [0.15, 0.2) is 5.13 Å². The van der Waals surface area contributed by atoms with Crippen molar-refractivity contribution in [3.8, 4) is 11.1 Å². The van der Waals surface area contributed by atoms with Crippen LogP contribution in [0.2, 0.25) is 0 Å². The van der Waals surface area contributed by atoms with E-state index in [9.17, 15) is 13.6 Å². The van der Waals surface area contributed by atoms with E-state index in [2.05, 4.69) is 4.98 Å². The zero-order chi connectivity index (χ0) is 20.4. The Morgan fingerprint density at radius 2 is 1.89 bits per heavy atom. The van der Waals surface area contributed by atoms with E-state index in [0.717, 1.165) is 33.7 Å². The third-order valence-electron chi connectivity index (χ3n) is 4.23. The van der Waals surface area contributed by atoms with Crippen molar-refractivity contribution in [2.75, 3.05) is 18.2 Å².